The van der Waals surface area contributed by atoms with E-state index in [1.54, 1.807) is 55.6 Å². The minimum absolute atomic E-state index is 0.0318. The maximum absolute atomic E-state index is 13.0. The molecule has 3 aromatic carbocycles. The molecular weight excluding hydrogens is 425 g/mol. The smallest absolute Gasteiger partial charge is 0.274 e. The van der Waals surface area contributed by atoms with Crippen molar-refractivity contribution in [3.05, 3.63) is 105 Å². The predicted molar refractivity (Wildman–Crippen MR) is 123 cm³/mol. The van der Waals surface area contributed by atoms with Gasteiger partial charge in [-0.1, -0.05) is 12.1 Å². The van der Waals surface area contributed by atoms with Crippen molar-refractivity contribution < 1.29 is 19.0 Å². The lowest BCUT2D eigenvalue weighted by Crippen LogP contribution is -2.23. The molecule has 0 aliphatic rings. The number of nitrogens with zero attached hydrogens (tertiary/aromatic N) is 1. The number of amides is 1. The van der Waals surface area contributed by atoms with Crippen molar-refractivity contribution in [3.8, 4) is 5.75 Å². The van der Waals surface area contributed by atoms with Crippen LogP contribution in [-0.4, -0.2) is 28.1 Å². The van der Waals surface area contributed by atoms with Gasteiger partial charge in [0.1, 0.15) is 23.0 Å². The largest absolute Gasteiger partial charge is 0.507 e. The van der Waals surface area contributed by atoms with Crippen LogP contribution in [0.5, 0.6) is 5.75 Å². The topological polar surface area (TPSA) is 104 Å². The highest BCUT2D eigenvalue weighted by Gasteiger charge is 2.10. The highest BCUT2D eigenvalue weighted by Crippen LogP contribution is 2.19. The molecule has 8 heteroatoms. The van der Waals surface area contributed by atoms with Crippen molar-refractivity contribution in [1.29, 1.82) is 0 Å². The fraction of sp³-hybridized carbons (Fsp3) is 0.0800. The van der Waals surface area contributed by atoms with Gasteiger partial charge >= 0.3 is 0 Å². The number of H-pyrrole nitrogens is 1. The molecule has 0 bridgehead atoms. The Bertz CT molecular complexity index is 1390. The lowest BCUT2D eigenvalue weighted by molar-refractivity contribution is 0.0951. The first kappa shape index (κ1) is 21.8. The number of hydrogen-bond donors (Lipinski definition) is 3. The average Bonchev–Trinajstić information content (AvgIpc) is 2.83. The van der Waals surface area contributed by atoms with Crippen molar-refractivity contribution in [3.63, 3.8) is 0 Å². The summed E-state index contributed by atoms with van der Waals surface area (Å²) in [4.78, 5) is 32.0. The zero-order chi connectivity index (χ0) is 23.4. The number of fused-ring (bicyclic) bond motifs is 1. The van der Waals surface area contributed by atoms with Crippen molar-refractivity contribution in [2.75, 3.05) is 7.11 Å². The standard InChI is InChI=1S/C25H20FN3O4/c1-33-19-9-4-16(5-10-19)23(30)13-22-25(32)29-21-12-17(6-11-20(21)28-22)24(31)27-14-15-2-7-18(26)8-3-15/h2-13,30H,14H2,1H3,(H,27,31)(H,29,32)/b23-13-. The van der Waals surface area contributed by atoms with E-state index in [1.807, 2.05) is 0 Å². The summed E-state index contributed by atoms with van der Waals surface area (Å²) in [7, 11) is 1.55. The van der Waals surface area contributed by atoms with E-state index in [4.69, 9.17) is 4.74 Å². The molecule has 0 saturated heterocycles. The van der Waals surface area contributed by atoms with E-state index in [9.17, 15) is 19.1 Å². The molecular formula is C25H20FN3O4. The van der Waals surface area contributed by atoms with E-state index >= 15 is 0 Å². The van der Waals surface area contributed by atoms with Crippen LogP contribution in [0.4, 0.5) is 4.39 Å². The molecule has 0 spiro atoms. The van der Waals surface area contributed by atoms with Crippen molar-refractivity contribution >= 4 is 28.8 Å². The van der Waals surface area contributed by atoms with Gasteiger partial charge in [-0.25, -0.2) is 9.37 Å². The zero-order valence-electron chi connectivity index (χ0n) is 17.6. The highest BCUT2D eigenvalue weighted by molar-refractivity contribution is 5.97. The van der Waals surface area contributed by atoms with Gasteiger partial charge < -0.3 is 20.1 Å². The lowest BCUT2D eigenvalue weighted by Gasteiger charge is -2.07. The number of hydrogen-bond acceptors (Lipinski definition) is 5. The minimum atomic E-state index is -0.508. The summed E-state index contributed by atoms with van der Waals surface area (Å²) in [6, 6.07) is 17.3. The van der Waals surface area contributed by atoms with Crippen LogP contribution in [-0.2, 0) is 6.54 Å². The average molecular weight is 445 g/mol. The van der Waals surface area contributed by atoms with Crippen LogP contribution in [0.2, 0.25) is 0 Å². The summed E-state index contributed by atoms with van der Waals surface area (Å²) in [6.07, 6.45) is 1.28. The number of nitrogens with one attached hydrogen (secondary N) is 2. The van der Waals surface area contributed by atoms with E-state index in [-0.39, 0.29) is 29.7 Å². The molecule has 33 heavy (non-hydrogen) atoms. The number of aliphatic hydroxyl groups is 1. The summed E-state index contributed by atoms with van der Waals surface area (Å²) in [5.41, 5.74) is 1.97. The molecule has 0 fully saturated rings. The summed E-state index contributed by atoms with van der Waals surface area (Å²) < 4.78 is 18.1. The fourth-order valence-electron chi connectivity index (χ4n) is 3.20. The van der Waals surface area contributed by atoms with Gasteiger partial charge in [0, 0.05) is 23.7 Å². The molecule has 166 valence electrons. The molecule has 0 radical (unpaired) electrons. The number of ether oxygens (including phenoxy) is 1. The van der Waals surface area contributed by atoms with Gasteiger partial charge in [0.15, 0.2) is 0 Å². The highest BCUT2D eigenvalue weighted by atomic mass is 19.1. The molecule has 4 aromatic rings. The summed E-state index contributed by atoms with van der Waals surface area (Å²) in [6.45, 7) is 0.236. The maximum Gasteiger partial charge on any atom is 0.274 e. The van der Waals surface area contributed by atoms with Gasteiger partial charge in [-0.3, -0.25) is 9.59 Å². The second-order valence-corrected chi connectivity index (χ2v) is 7.25. The van der Waals surface area contributed by atoms with Gasteiger partial charge in [0.05, 0.1) is 18.1 Å². The first-order valence-corrected chi connectivity index (χ1v) is 10.0. The molecule has 4 rings (SSSR count). The van der Waals surface area contributed by atoms with Crippen molar-refractivity contribution in [2.45, 2.75) is 6.54 Å². The lowest BCUT2D eigenvalue weighted by atomic mass is 10.1. The van der Waals surface area contributed by atoms with Crippen molar-refractivity contribution in [1.82, 2.24) is 15.3 Å². The number of methoxy groups -OCH3 is 1. The summed E-state index contributed by atoms with van der Waals surface area (Å²) in [5.74, 6) is -0.164. The minimum Gasteiger partial charge on any atom is -0.507 e. The third kappa shape index (κ3) is 5.07. The number of rotatable bonds is 6. The first-order chi connectivity index (χ1) is 15.9. The Morgan fingerprint density at radius 1 is 1.09 bits per heavy atom. The number of carbonyl (C=O) groups is 1. The SMILES string of the molecule is COc1ccc(/C(O)=C/c2nc3ccc(C(=O)NCc4ccc(F)cc4)cc3[nH]c2=O)cc1. The number of carbonyl (C=O) groups excluding carboxylic acids is 1. The number of aromatic nitrogens is 2. The van der Waals surface area contributed by atoms with Crippen LogP contribution in [0.25, 0.3) is 22.9 Å². The number of benzene rings is 3. The van der Waals surface area contributed by atoms with Crippen LogP contribution < -0.4 is 15.6 Å². The molecule has 0 unspecified atom stereocenters. The summed E-state index contributed by atoms with van der Waals surface area (Å²) in [5, 5.41) is 13.1. The van der Waals surface area contributed by atoms with Gasteiger partial charge in [0.25, 0.3) is 11.5 Å². The number of halogens is 1. The molecule has 0 saturated carbocycles. The van der Waals surface area contributed by atoms with E-state index in [0.29, 0.717) is 27.9 Å². The van der Waals surface area contributed by atoms with Crippen LogP contribution in [0, 0.1) is 5.82 Å². The molecule has 0 aliphatic carbocycles. The normalized spacial score (nSPS) is 11.4. The Kier molecular flexibility index (Phi) is 6.17. The van der Waals surface area contributed by atoms with E-state index in [1.165, 1.54) is 24.3 Å². The Hall–Kier alpha value is -4.46. The third-order valence-corrected chi connectivity index (χ3v) is 5.01. The Balaban J connectivity index is 1.54. The van der Waals surface area contributed by atoms with Crippen LogP contribution in [0.3, 0.4) is 0 Å². The van der Waals surface area contributed by atoms with Crippen LogP contribution in [0.1, 0.15) is 27.2 Å². The van der Waals surface area contributed by atoms with Crippen LogP contribution in [0.15, 0.2) is 71.5 Å². The fourth-order valence-corrected chi connectivity index (χ4v) is 3.20. The Morgan fingerprint density at radius 2 is 1.79 bits per heavy atom. The molecule has 0 aliphatic heterocycles. The molecule has 1 amide bonds. The Morgan fingerprint density at radius 3 is 2.48 bits per heavy atom. The molecule has 7 nitrogen and oxygen atoms in total. The predicted octanol–water partition coefficient (Wildman–Crippen LogP) is 4.06. The van der Waals surface area contributed by atoms with Gasteiger partial charge in [0.2, 0.25) is 0 Å². The number of aliphatic hydroxyl groups excluding tert-OH is 1. The third-order valence-electron chi connectivity index (χ3n) is 5.01. The Labute approximate surface area is 188 Å². The van der Waals surface area contributed by atoms with E-state index < -0.39 is 5.56 Å². The zero-order valence-corrected chi connectivity index (χ0v) is 17.6. The molecule has 1 heterocycles. The molecule has 3 N–H and O–H groups in total. The second-order valence-electron chi connectivity index (χ2n) is 7.25. The van der Waals surface area contributed by atoms with E-state index in [2.05, 4.69) is 15.3 Å². The maximum atomic E-state index is 13.0. The van der Waals surface area contributed by atoms with Crippen LogP contribution >= 0.6 is 0 Å². The van der Waals surface area contributed by atoms with E-state index in [0.717, 1.165) is 5.56 Å². The molecule has 1 aromatic heterocycles. The summed E-state index contributed by atoms with van der Waals surface area (Å²) >= 11 is 0. The first-order valence-electron chi connectivity index (χ1n) is 10.0. The molecule has 0 atom stereocenters. The van der Waals surface area contributed by atoms with Gasteiger partial charge in [-0.05, 0) is 60.2 Å². The quantitative estimate of drug-likeness (QED) is 0.388. The second kappa shape index (κ2) is 9.35. The van der Waals surface area contributed by atoms with Crippen molar-refractivity contribution in [2.24, 2.45) is 0 Å². The monoisotopic (exact) mass is 445 g/mol. The number of aromatic amines is 1. The van der Waals surface area contributed by atoms with Gasteiger partial charge in [-0.15, -0.1) is 0 Å². The van der Waals surface area contributed by atoms with Gasteiger partial charge in [-0.2, -0.15) is 0 Å².